The summed E-state index contributed by atoms with van der Waals surface area (Å²) in [6.07, 6.45) is 9.38. The van der Waals surface area contributed by atoms with Crippen LogP contribution >= 0.6 is 31.9 Å². The third kappa shape index (κ3) is 5.65. The van der Waals surface area contributed by atoms with E-state index in [-0.39, 0.29) is 28.1 Å². The van der Waals surface area contributed by atoms with Gasteiger partial charge in [-0.15, -0.1) is 0 Å². The quantitative estimate of drug-likeness (QED) is 0.104. The Kier molecular flexibility index (Phi) is 8.03. The van der Waals surface area contributed by atoms with E-state index >= 15 is 0 Å². The summed E-state index contributed by atoms with van der Waals surface area (Å²) in [7, 11) is -1.86. The van der Waals surface area contributed by atoms with Gasteiger partial charge in [0.25, 0.3) is 0 Å². The summed E-state index contributed by atoms with van der Waals surface area (Å²) < 4.78 is 19.2. The first-order valence-corrected chi connectivity index (χ1v) is 15.5. The molecule has 0 aromatic heterocycles. The zero-order valence-electron chi connectivity index (χ0n) is 20.4. The maximum absolute atomic E-state index is 12.4. The zero-order valence-corrected chi connectivity index (χ0v) is 24.6. The Bertz CT molecular complexity index is 790. The molecule has 0 spiro atoms. The number of hydrogen-bond donors (Lipinski definition) is 0. The number of rotatable bonds is 7. The summed E-state index contributed by atoms with van der Waals surface area (Å²) in [6.45, 7) is 20.2. The highest BCUT2D eigenvalue weighted by Crippen LogP contribution is 2.66. The highest BCUT2D eigenvalue weighted by molar-refractivity contribution is 9.28. The summed E-state index contributed by atoms with van der Waals surface area (Å²) in [6, 6.07) is 0. The van der Waals surface area contributed by atoms with Gasteiger partial charge in [-0.3, -0.25) is 0 Å². The van der Waals surface area contributed by atoms with Crippen molar-refractivity contribution in [3.8, 4) is 0 Å². The summed E-state index contributed by atoms with van der Waals surface area (Å²) in [5.74, 6) is -0.345. The van der Waals surface area contributed by atoms with Crippen molar-refractivity contribution in [3.63, 3.8) is 0 Å². The fourth-order valence-electron chi connectivity index (χ4n) is 4.48. The van der Waals surface area contributed by atoms with Gasteiger partial charge in [-0.2, -0.15) is 0 Å². The number of hydrogen-bond acceptors (Lipinski definition) is 4. The van der Waals surface area contributed by atoms with Gasteiger partial charge in [0.1, 0.15) is 11.2 Å². The molecule has 1 heterocycles. The minimum Gasteiger partial charge on any atom is -0.462 e. The van der Waals surface area contributed by atoms with Gasteiger partial charge in [0, 0.05) is 17.9 Å². The maximum Gasteiger partial charge on any atom is 0.338 e. The largest absolute Gasteiger partial charge is 0.462 e. The second-order valence-electron chi connectivity index (χ2n) is 11.0. The number of allylic oxidation sites excluding steroid dienone is 2. The van der Waals surface area contributed by atoms with Gasteiger partial charge in [0.2, 0.25) is 0 Å². The molecule has 0 unspecified atom stereocenters. The van der Waals surface area contributed by atoms with E-state index < -0.39 is 13.9 Å². The smallest absolute Gasteiger partial charge is 0.338 e. The molecule has 3 atom stereocenters. The molecule has 1 aliphatic heterocycles. The Labute approximate surface area is 206 Å². The SMILES string of the molecule is CCOC(=O)C(=C\C=C(Br)Br)/C=C/[C@@]12O[C@]1(C)C[C@@H](O[Si](C)(C)C(C)(C)C)CC2(C)C. The van der Waals surface area contributed by atoms with Crippen molar-refractivity contribution in [2.45, 2.75) is 96.7 Å². The topological polar surface area (TPSA) is 48.1 Å². The predicted octanol–water partition coefficient (Wildman–Crippen LogP) is 7.40. The minimum absolute atomic E-state index is 0.130. The molecule has 176 valence electrons. The third-order valence-electron chi connectivity index (χ3n) is 7.16. The molecule has 0 radical (unpaired) electrons. The summed E-state index contributed by atoms with van der Waals surface area (Å²) >= 11 is 6.66. The predicted molar refractivity (Wildman–Crippen MR) is 137 cm³/mol. The van der Waals surface area contributed by atoms with E-state index in [1.54, 1.807) is 12.2 Å². The summed E-state index contributed by atoms with van der Waals surface area (Å²) in [4.78, 5) is 12.4. The van der Waals surface area contributed by atoms with E-state index in [1.165, 1.54) is 0 Å². The Morgan fingerprint density at radius 1 is 1.16 bits per heavy atom. The lowest BCUT2D eigenvalue weighted by Gasteiger charge is -2.45. The van der Waals surface area contributed by atoms with E-state index in [0.29, 0.717) is 12.2 Å². The van der Waals surface area contributed by atoms with Gasteiger partial charge < -0.3 is 13.9 Å². The molecule has 2 aliphatic rings. The van der Waals surface area contributed by atoms with Crippen molar-refractivity contribution >= 4 is 46.1 Å². The molecule has 2 fully saturated rings. The highest BCUT2D eigenvalue weighted by atomic mass is 79.9. The van der Waals surface area contributed by atoms with Gasteiger partial charge in [0.15, 0.2) is 8.32 Å². The van der Waals surface area contributed by atoms with Gasteiger partial charge in [0.05, 0.1) is 15.6 Å². The van der Waals surface area contributed by atoms with Crippen molar-refractivity contribution in [2.75, 3.05) is 6.61 Å². The molecule has 1 saturated carbocycles. The molecule has 1 aliphatic carbocycles. The molecular formula is C24H38Br2O4Si. The number of fused-ring (bicyclic) bond motifs is 1. The maximum atomic E-state index is 12.4. The van der Waals surface area contributed by atoms with E-state index in [9.17, 15) is 4.79 Å². The molecule has 0 N–H and O–H groups in total. The molecule has 0 bridgehead atoms. The highest BCUT2D eigenvalue weighted by Gasteiger charge is 2.75. The van der Waals surface area contributed by atoms with E-state index in [4.69, 9.17) is 13.9 Å². The third-order valence-corrected chi connectivity index (χ3v) is 12.2. The van der Waals surface area contributed by atoms with Gasteiger partial charge in [-0.25, -0.2) is 4.79 Å². The fourth-order valence-corrected chi connectivity index (χ4v) is 6.10. The first kappa shape index (κ1) is 27.0. The lowest BCUT2D eigenvalue weighted by atomic mass is 9.63. The van der Waals surface area contributed by atoms with Crippen LogP contribution in [0.25, 0.3) is 0 Å². The van der Waals surface area contributed by atoms with Crippen molar-refractivity contribution in [1.82, 2.24) is 0 Å². The van der Waals surface area contributed by atoms with Crippen LogP contribution in [0.2, 0.25) is 18.1 Å². The molecule has 1 saturated heterocycles. The standard InChI is InChI=1S/C24H38Br2O4Si/c1-10-28-20(27)17(11-12-19(25)26)13-14-24-22(5,6)15-18(16-23(24,7)30-24)29-31(8,9)21(2,3)4/h11-14,18H,10,15-16H2,1-9H3/b14-13+,17-11-/t18-,23+,24-/m0/s1. The van der Waals surface area contributed by atoms with Crippen LogP contribution in [0, 0.1) is 5.41 Å². The molecular weight excluding hydrogens is 540 g/mol. The van der Waals surface area contributed by atoms with Crippen LogP contribution in [-0.4, -0.2) is 38.2 Å². The average molecular weight is 578 g/mol. The van der Waals surface area contributed by atoms with Gasteiger partial charge >= 0.3 is 5.97 Å². The molecule has 0 aromatic carbocycles. The Balaban J connectivity index is 2.28. The minimum atomic E-state index is -1.86. The Hall–Kier alpha value is -0.213. The van der Waals surface area contributed by atoms with E-state index in [2.05, 4.69) is 92.6 Å². The van der Waals surface area contributed by atoms with E-state index in [1.807, 2.05) is 13.0 Å². The number of halogens is 2. The second-order valence-corrected chi connectivity index (χ2v) is 18.5. The van der Waals surface area contributed by atoms with Crippen LogP contribution in [0.1, 0.15) is 61.3 Å². The van der Waals surface area contributed by atoms with Crippen LogP contribution in [0.15, 0.2) is 33.3 Å². The molecule has 2 rings (SSSR count). The van der Waals surface area contributed by atoms with Gasteiger partial charge in [-0.05, 0) is 94.6 Å². The van der Waals surface area contributed by atoms with Crippen LogP contribution in [0.5, 0.6) is 0 Å². The summed E-state index contributed by atoms with van der Waals surface area (Å²) in [5, 5.41) is 0.174. The van der Waals surface area contributed by atoms with Crippen molar-refractivity contribution in [1.29, 1.82) is 0 Å². The van der Waals surface area contributed by atoms with Crippen LogP contribution in [0.4, 0.5) is 0 Å². The lowest BCUT2D eigenvalue weighted by molar-refractivity contribution is -0.138. The Morgan fingerprint density at radius 2 is 1.77 bits per heavy atom. The van der Waals surface area contributed by atoms with Gasteiger partial charge in [-0.1, -0.05) is 34.6 Å². The van der Waals surface area contributed by atoms with E-state index in [0.717, 1.165) is 16.2 Å². The number of carbonyl (C=O) groups is 1. The average Bonchev–Trinajstić information content (AvgIpc) is 3.19. The summed E-state index contributed by atoms with van der Waals surface area (Å²) in [5.41, 5.74) is -0.367. The first-order valence-electron chi connectivity index (χ1n) is 11.0. The number of esters is 1. The lowest BCUT2D eigenvalue weighted by Crippen LogP contribution is -2.51. The van der Waals surface area contributed by atoms with Crippen molar-refractivity contribution in [3.05, 3.63) is 33.3 Å². The first-order chi connectivity index (χ1) is 14.0. The van der Waals surface area contributed by atoms with Crippen LogP contribution < -0.4 is 0 Å². The monoisotopic (exact) mass is 576 g/mol. The molecule has 0 aromatic rings. The molecule has 31 heavy (non-hydrogen) atoms. The number of ether oxygens (including phenoxy) is 2. The number of epoxide rings is 1. The molecule has 4 nitrogen and oxygen atoms in total. The number of carbonyl (C=O) groups excluding carboxylic acids is 1. The Morgan fingerprint density at radius 3 is 2.26 bits per heavy atom. The van der Waals surface area contributed by atoms with Crippen molar-refractivity contribution in [2.24, 2.45) is 5.41 Å². The van der Waals surface area contributed by atoms with Crippen molar-refractivity contribution < 1.29 is 18.7 Å². The normalized spacial score (nSPS) is 30.7. The molecule has 7 heteroatoms. The molecule has 0 amide bonds. The zero-order chi connectivity index (χ0) is 23.9. The van der Waals surface area contributed by atoms with Crippen LogP contribution in [-0.2, 0) is 18.7 Å². The van der Waals surface area contributed by atoms with Crippen LogP contribution in [0.3, 0.4) is 0 Å². The second kappa shape index (κ2) is 9.20. The fraction of sp³-hybridized carbons (Fsp3) is 0.708.